The van der Waals surface area contributed by atoms with Crippen molar-refractivity contribution in [1.29, 1.82) is 0 Å². The Labute approximate surface area is 151 Å². The smallest absolute Gasteiger partial charge is 0.404 e. The molecule has 6 nitrogen and oxygen atoms in total. The van der Waals surface area contributed by atoms with Crippen LogP contribution in [0.4, 0.5) is 9.18 Å². The molecule has 0 aliphatic heterocycles. The summed E-state index contributed by atoms with van der Waals surface area (Å²) < 4.78 is 19.0. The molecule has 2 aromatic carbocycles. The van der Waals surface area contributed by atoms with Crippen LogP contribution in [0.3, 0.4) is 0 Å². The molecule has 2 rings (SSSR count). The summed E-state index contributed by atoms with van der Waals surface area (Å²) in [6.07, 6.45) is -1.07. The van der Waals surface area contributed by atoms with Crippen molar-refractivity contribution in [1.82, 2.24) is 10.6 Å². The monoisotopic (exact) mass is 360 g/mol. The first kappa shape index (κ1) is 19.4. The highest BCUT2D eigenvalue weighted by atomic mass is 19.1. The number of hydrogen-bond acceptors (Lipinski definition) is 4. The Morgan fingerprint density at radius 1 is 1.12 bits per heavy atom. The molecule has 0 heterocycles. The van der Waals surface area contributed by atoms with E-state index in [-0.39, 0.29) is 30.4 Å². The zero-order valence-electron chi connectivity index (χ0n) is 14.4. The minimum atomic E-state index is -1.12. The molecule has 0 aliphatic carbocycles. The van der Waals surface area contributed by atoms with Crippen LogP contribution >= 0.6 is 0 Å². The molecule has 2 aromatic rings. The third-order valence-electron chi connectivity index (χ3n) is 3.87. The predicted octanol–water partition coefficient (Wildman–Crippen LogP) is 3.01. The first-order chi connectivity index (χ1) is 12.5. The highest BCUT2D eigenvalue weighted by molar-refractivity contribution is 5.96. The standard InChI is InChI=1S/C19H21FN2O4/c1-26-14-8-6-13(7-9-14)17(21-10-11-22-19(24)25)12-18(23)15-4-2-3-5-16(15)20/h2-9,17,21-22H,10-12H2,1H3,(H,24,25). The van der Waals surface area contributed by atoms with Gasteiger partial charge in [0.25, 0.3) is 0 Å². The van der Waals surface area contributed by atoms with Gasteiger partial charge in [0.05, 0.1) is 12.7 Å². The van der Waals surface area contributed by atoms with Crippen LogP contribution in [-0.4, -0.2) is 37.2 Å². The largest absolute Gasteiger partial charge is 0.497 e. The molecule has 0 fully saturated rings. The van der Waals surface area contributed by atoms with Gasteiger partial charge in [-0.15, -0.1) is 0 Å². The molecule has 0 spiro atoms. The van der Waals surface area contributed by atoms with E-state index < -0.39 is 11.9 Å². The molecule has 0 saturated carbocycles. The van der Waals surface area contributed by atoms with Crippen molar-refractivity contribution in [3.63, 3.8) is 0 Å². The quantitative estimate of drug-likeness (QED) is 0.473. The van der Waals surface area contributed by atoms with Crippen LogP contribution in [0.2, 0.25) is 0 Å². The number of ketones is 1. The fourth-order valence-corrected chi connectivity index (χ4v) is 2.54. The minimum absolute atomic E-state index is 0.0384. The number of carboxylic acid groups (broad SMARTS) is 1. The van der Waals surface area contributed by atoms with Gasteiger partial charge in [0.2, 0.25) is 0 Å². The number of benzene rings is 2. The fraction of sp³-hybridized carbons (Fsp3) is 0.263. The Bertz CT molecular complexity index is 749. The summed E-state index contributed by atoms with van der Waals surface area (Å²) in [6.45, 7) is 0.517. The molecule has 0 saturated heterocycles. The first-order valence-electron chi connectivity index (χ1n) is 8.13. The van der Waals surface area contributed by atoms with Gasteiger partial charge >= 0.3 is 6.09 Å². The summed E-state index contributed by atoms with van der Waals surface area (Å²) in [5.74, 6) is -0.207. The zero-order chi connectivity index (χ0) is 18.9. The van der Waals surface area contributed by atoms with Crippen LogP contribution < -0.4 is 15.4 Å². The lowest BCUT2D eigenvalue weighted by Crippen LogP contribution is -2.33. The van der Waals surface area contributed by atoms with Gasteiger partial charge in [-0.05, 0) is 29.8 Å². The minimum Gasteiger partial charge on any atom is -0.497 e. The van der Waals surface area contributed by atoms with Crippen molar-refractivity contribution in [3.8, 4) is 5.75 Å². The van der Waals surface area contributed by atoms with E-state index in [0.717, 1.165) is 5.56 Å². The third kappa shape index (κ3) is 5.56. The van der Waals surface area contributed by atoms with E-state index >= 15 is 0 Å². The second-order valence-electron chi connectivity index (χ2n) is 5.62. The number of nitrogens with one attached hydrogen (secondary N) is 2. The Morgan fingerprint density at radius 3 is 2.42 bits per heavy atom. The van der Waals surface area contributed by atoms with Gasteiger partial charge in [-0.25, -0.2) is 9.18 Å². The average Bonchev–Trinajstić information content (AvgIpc) is 2.64. The van der Waals surface area contributed by atoms with E-state index in [1.807, 2.05) is 12.1 Å². The summed E-state index contributed by atoms with van der Waals surface area (Å²) in [5, 5.41) is 14.0. The van der Waals surface area contributed by atoms with Crippen LogP contribution in [0.5, 0.6) is 5.75 Å². The lowest BCUT2D eigenvalue weighted by molar-refractivity contribution is 0.0964. The van der Waals surface area contributed by atoms with E-state index in [4.69, 9.17) is 9.84 Å². The Balaban J connectivity index is 2.12. The van der Waals surface area contributed by atoms with Crippen molar-refractivity contribution in [2.24, 2.45) is 0 Å². The highest BCUT2D eigenvalue weighted by Crippen LogP contribution is 2.22. The summed E-state index contributed by atoms with van der Waals surface area (Å²) >= 11 is 0. The van der Waals surface area contributed by atoms with E-state index in [0.29, 0.717) is 12.3 Å². The molecule has 0 aliphatic rings. The van der Waals surface area contributed by atoms with Crippen molar-refractivity contribution in [3.05, 3.63) is 65.5 Å². The lowest BCUT2D eigenvalue weighted by Gasteiger charge is -2.19. The number of ether oxygens (including phenoxy) is 1. The number of Topliss-reactive ketones (excluding diaryl/α,β-unsaturated/α-hetero) is 1. The zero-order valence-corrected chi connectivity index (χ0v) is 14.4. The Hall–Kier alpha value is -2.93. The molecular weight excluding hydrogens is 339 g/mol. The number of hydrogen-bond donors (Lipinski definition) is 3. The number of carbonyl (C=O) groups is 2. The summed E-state index contributed by atoms with van der Waals surface area (Å²) in [4.78, 5) is 23.0. The maximum atomic E-state index is 13.9. The average molecular weight is 360 g/mol. The fourth-order valence-electron chi connectivity index (χ4n) is 2.54. The summed E-state index contributed by atoms with van der Waals surface area (Å²) in [6, 6.07) is 12.6. The van der Waals surface area contributed by atoms with Gasteiger partial charge in [-0.3, -0.25) is 4.79 Å². The van der Waals surface area contributed by atoms with Crippen molar-refractivity contribution in [2.75, 3.05) is 20.2 Å². The molecule has 7 heteroatoms. The van der Waals surface area contributed by atoms with E-state index in [2.05, 4.69) is 10.6 Å². The number of amides is 1. The Morgan fingerprint density at radius 2 is 1.81 bits per heavy atom. The number of rotatable bonds is 9. The molecule has 1 amide bonds. The van der Waals surface area contributed by atoms with Gasteiger partial charge in [0.15, 0.2) is 5.78 Å². The lowest BCUT2D eigenvalue weighted by atomic mass is 9.97. The number of halogens is 1. The topological polar surface area (TPSA) is 87.7 Å². The predicted molar refractivity (Wildman–Crippen MR) is 95.1 cm³/mol. The second kappa shape index (κ2) is 9.53. The van der Waals surface area contributed by atoms with Gasteiger partial charge in [-0.2, -0.15) is 0 Å². The van der Waals surface area contributed by atoms with Crippen LogP contribution in [0, 0.1) is 5.82 Å². The SMILES string of the molecule is COc1ccc(C(CC(=O)c2ccccc2F)NCCNC(=O)O)cc1. The third-order valence-corrected chi connectivity index (χ3v) is 3.87. The number of methoxy groups -OCH3 is 1. The maximum Gasteiger partial charge on any atom is 0.404 e. The molecule has 138 valence electrons. The van der Waals surface area contributed by atoms with E-state index in [9.17, 15) is 14.0 Å². The molecular formula is C19H21FN2O4. The number of carbonyl (C=O) groups excluding carboxylic acids is 1. The normalized spacial score (nSPS) is 11.6. The van der Waals surface area contributed by atoms with Crippen LogP contribution in [0.25, 0.3) is 0 Å². The molecule has 3 N–H and O–H groups in total. The summed E-state index contributed by atoms with van der Waals surface area (Å²) in [7, 11) is 1.56. The van der Waals surface area contributed by atoms with Crippen LogP contribution in [-0.2, 0) is 0 Å². The molecule has 0 aromatic heterocycles. The van der Waals surface area contributed by atoms with E-state index in [1.165, 1.54) is 18.2 Å². The van der Waals surface area contributed by atoms with Gasteiger partial charge in [-0.1, -0.05) is 24.3 Å². The van der Waals surface area contributed by atoms with Crippen LogP contribution in [0.15, 0.2) is 48.5 Å². The summed E-state index contributed by atoms with van der Waals surface area (Å²) in [5.41, 5.74) is 0.863. The molecule has 0 bridgehead atoms. The van der Waals surface area contributed by atoms with Crippen molar-refractivity contribution in [2.45, 2.75) is 12.5 Å². The molecule has 26 heavy (non-hydrogen) atoms. The highest BCUT2D eigenvalue weighted by Gasteiger charge is 2.19. The Kier molecular flexibility index (Phi) is 7.11. The van der Waals surface area contributed by atoms with Gasteiger partial charge in [0, 0.05) is 25.6 Å². The first-order valence-corrected chi connectivity index (χ1v) is 8.13. The van der Waals surface area contributed by atoms with Crippen molar-refractivity contribution >= 4 is 11.9 Å². The molecule has 1 atom stereocenters. The van der Waals surface area contributed by atoms with Crippen LogP contribution in [0.1, 0.15) is 28.4 Å². The van der Waals surface area contributed by atoms with Crippen molar-refractivity contribution < 1.29 is 23.8 Å². The second-order valence-corrected chi connectivity index (χ2v) is 5.62. The van der Waals surface area contributed by atoms with E-state index in [1.54, 1.807) is 25.3 Å². The molecule has 1 unspecified atom stereocenters. The van der Waals surface area contributed by atoms with Gasteiger partial charge in [0.1, 0.15) is 11.6 Å². The molecule has 0 radical (unpaired) electrons. The van der Waals surface area contributed by atoms with Gasteiger partial charge < -0.3 is 20.5 Å². The maximum absolute atomic E-state index is 13.9.